The highest BCUT2D eigenvalue weighted by molar-refractivity contribution is 5.82. The Morgan fingerprint density at radius 3 is 2.95 bits per heavy atom. The standard InChI is InChI=1S/C16H21N3O2/c1-16(15(20)18-2)6-7-19(11-16)10-13-8-12(9-17)4-5-14(13)21-3/h4-5,8H,6-7,10-11H2,1-3H3,(H,18,20). The van der Waals surface area contributed by atoms with Gasteiger partial charge >= 0.3 is 0 Å². The van der Waals surface area contributed by atoms with E-state index in [1.807, 2.05) is 19.1 Å². The normalized spacial score (nSPS) is 21.8. The van der Waals surface area contributed by atoms with Crippen LogP contribution in [0.3, 0.4) is 0 Å². The molecule has 0 bridgehead atoms. The second-order valence-electron chi connectivity index (χ2n) is 5.74. The lowest BCUT2D eigenvalue weighted by Crippen LogP contribution is -2.39. The Morgan fingerprint density at radius 2 is 2.33 bits per heavy atom. The predicted octanol–water partition coefficient (Wildman–Crippen LogP) is 1.52. The number of nitriles is 1. The average molecular weight is 287 g/mol. The van der Waals surface area contributed by atoms with E-state index >= 15 is 0 Å². The first kappa shape index (κ1) is 15.3. The van der Waals surface area contributed by atoms with Gasteiger partial charge in [-0.05, 0) is 38.1 Å². The molecular formula is C16H21N3O2. The molecule has 1 aromatic carbocycles. The zero-order chi connectivity index (χ0) is 15.5. The molecule has 1 heterocycles. The van der Waals surface area contributed by atoms with E-state index in [4.69, 9.17) is 10.00 Å². The fourth-order valence-corrected chi connectivity index (χ4v) is 2.89. The monoisotopic (exact) mass is 287 g/mol. The molecule has 0 spiro atoms. The second-order valence-corrected chi connectivity index (χ2v) is 5.74. The van der Waals surface area contributed by atoms with Gasteiger partial charge < -0.3 is 10.1 Å². The minimum Gasteiger partial charge on any atom is -0.496 e. The number of hydrogen-bond donors (Lipinski definition) is 1. The lowest BCUT2D eigenvalue weighted by molar-refractivity contribution is -0.129. The molecule has 1 N–H and O–H groups in total. The number of nitrogens with one attached hydrogen (secondary N) is 1. The van der Waals surface area contributed by atoms with Crippen molar-refractivity contribution in [1.29, 1.82) is 5.26 Å². The highest BCUT2D eigenvalue weighted by Gasteiger charge is 2.39. The first-order chi connectivity index (χ1) is 10.0. The summed E-state index contributed by atoms with van der Waals surface area (Å²) in [5.41, 5.74) is 1.27. The van der Waals surface area contributed by atoms with Crippen LogP contribution in [-0.4, -0.2) is 38.1 Å². The molecule has 5 nitrogen and oxygen atoms in total. The Bertz CT molecular complexity index is 579. The number of methoxy groups -OCH3 is 1. The second kappa shape index (κ2) is 6.15. The van der Waals surface area contributed by atoms with Crippen molar-refractivity contribution >= 4 is 5.91 Å². The highest BCUT2D eigenvalue weighted by Crippen LogP contribution is 2.32. The van der Waals surface area contributed by atoms with E-state index in [9.17, 15) is 4.79 Å². The van der Waals surface area contributed by atoms with Crippen molar-refractivity contribution in [3.05, 3.63) is 29.3 Å². The summed E-state index contributed by atoms with van der Waals surface area (Å²) < 4.78 is 5.36. The average Bonchev–Trinajstić information content (AvgIpc) is 2.88. The summed E-state index contributed by atoms with van der Waals surface area (Å²) in [6, 6.07) is 7.58. The van der Waals surface area contributed by atoms with Gasteiger partial charge in [0.15, 0.2) is 0 Å². The van der Waals surface area contributed by atoms with Crippen LogP contribution >= 0.6 is 0 Å². The number of carbonyl (C=O) groups excluding carboxylic acids is 1. The topological polar surface area (TPSA) is 65.4 Å². The van der Waals surface area contributed by atoms with E-state index < -0.39 is 0 Å². The van der Waals surface area contributed by atoms with Gasteiger partial charge in [0.05, 0.1) is 24.2 Å². The van der Waals surface area contributed by atoms with Crippen molar-refractivity contribution in [2.24, 2.45) is 5.41 Å². The first-order valence-corrected chi connectivity index (χ1v) is 7.04. The van der Waals surface area contributed by atoms with Gasteiger partial charge in [0.2, 0.25) is 5.91 Å². The molecule has 1 fully saturated rings. The van der Waals surface area contributed by atoms with Crippen LogP contribution in [0, 0.1) is 16.7 Å². The molecule has 5 heteroatoms. The molecule has 1 amide bonds. The van der Waals surface area contributed by atoms with E-state index in [-0.39, 0.29) is 11.3 Å². The third-order valence-corrected chi connectivity index (χ3v) is 4.13. The van der Waals surface area contributed by atoms with Crippen LogP contribution < -0.4 is 10.1 Å². The van der Waals surface area contributed by atoms with Gasteiger partial charge in [-0.3, -0.25) is 9.69 Å². The van der Waals surface area contributed by atoms with Gasteiger partial charge in [-0.15, -0.1) is 0 Å². The highest BCUT2D eigenvalue weighted by atomic mass is 16.5. The number of likely N-dealkylation sites (tertiary alicyclic amines) is 1. The zero-order valence-electron chi connectivity index (χ0n) is 12.8. The Kier molecular flexibility index (Phi) is 4.49. The van der Waals surface area contributed by atoms with Gasteiger partial charge in [-0.2, -0.15) is 5.26 Å². The molecule has 1 atom stereocenters. The van der Waals surface area contributed by atoms with E-state index in [2.05, 4.69) is 16.3 Å². The molecule has 0 radical (unpaired) electrons. The summed E-state index contributed by atoms with van der Waals surface area (Å²) in [6.07, 6.45) is 0.840. The smallest absolute Gasteiger partial charge is 0.227 e. The molecule has 112 valence electrons. The summed E-state index contributed by atoms with van der Waals surface area (Å²) in [5, 5.41) is 11.8. The first-order valence-electron chi connectivity index (χ1n) is 7.04. The lowest BCUT2D eigenvalue weighted by Gasteiger charge is -2.23. The number of benzene rings is 1. The van der Waals surface area contributed by atoms with E-state index in [0.717, 1.165) is 24.3 Å². The van der Waals surface area contributed by atoms with Crippen molar-refractivity contribution < 1.29 is 9.53 Å². The molecular weight excluding hydrogens is 266 g/mol. The third kappa shape index (κ3) is 3.17. The number of amides is 1. The van der Waals surface area contributed by atoms with Crippen molar-refractivity contribution in [2.45, 2.75) is 19.9 Å². The van der Waals surface area contributed by atoms with Gasteiger partial charge in [-0.25, -0.2) is 0 Å². The molecule has 1 saturated heterocycles. The summed E-state index contributed by atoms with van der Waals surface area (Å²) in [5.74, 6) is 0.866. The van der Waals surface area contributed by atoms with Crippen LogP contribution in [0.1, 0.15) is 24.5 Å². The van der Waals surface area contributed by atoms with E-state index in [0.29, 0.717) is 18.7 Å². The summed E-state index contributed by atoms with van der Waals surface area (Å²) >= 11 is 0. The number of nitrogens with zero attached hydrogens (tertiary/aromatic N) is 2. The molecule has 1 aliphatic rings. The maximum absolute atomic E-state index is 12.0. The van der Waals surface area contributed by atoms with Crippen LogP contribution in [0.4, 0.5) is 0 Å². The number of carbonyl (C=O) groups is 1. The number of hydrogen-bond acceptors (Lipinski definition) is 4. The van der Waals surface area contributed by atoms with Gasteiger partial charge in [0.25, 0.3) is 0 Å². The minimum atomic E-state index is -0.338. The Hall–Kier alpha value is -2.06. The van der Waals surface area contributed by atoms with Crippen LogP contribution in [-0.2, 0) is 11.3 Å². The maximum atomic E-state index is 12.0. The minimum absolute atomic E-state index is 0.0859. The molecule has 1 unspecified atom stereocenters. The lowest BCUT2D eigenvalue weighted by atomic mass is 9.89. The molecule has 0 aliphatic carbocycles. The Balaban J connectivity index is 2.13. The summed E-state index contributed by atoms with van der Waals surface area (Å²) in [6.45, 7) is 4.26. The number of rotatable bonds is 4. The van der Waals surface area contributed by atoms with Crippen molar-refractivity contribution in [3.63, 3.8) is 0 Å². The molecule has 1 aliphatic heterocycles. The van der Waals surface area contributed by atoms with Gasteiger partial charge in [0.1, 0.15) is 5.75 Å². The fourth-order valence-electron chi connectivity index (χ4n) is 2.89. The fraction of sp³-hybridized carbons (Fsp3) is 0.500. The van der Waals surface area contributed by atoms with Crippen LogP contribution in [0.5, 0.6) is 5.75 Å². The summed E-state index contributed by atoms with van der Waals surface area (Å²) in [7, 11) is 3.30. The van der Waals surface area contributed by atoms with E-state index in [1.54, 1.807) is 20.2 Å². The Morgan fingerprint density at radius 1 is 1.57 bits per heavy atom. The SMILES string of the molecule is CNC(=O)C1(C)CCN(Cc2cc(C#N)ccc2OC)C1. The zero-order valence-corrected chi connectivity index (χ0v) is 12.8. The van der Waals surface area contributed by atoms with Crippen molar-refractivity contribution in [1.82, 2.24) is 10.2 Å². The Labute approximate surface area is 125 Å². The van der Waals surface area contributed by atoms with E-state index in [1.165, 1.54) is 0 Å². The predicted molar refractivity (Wildman–Crippen MR) is 79.8 cm³/mol. The molecule has 0 aromatic heterocycles. The van der Waals surface area contributed by atoms with Crippen LogP contribution in [0.15, 0.2) is 18.2 Å². The molecule has 1 aromatic rings. The van der Waals surface area contributed by atoms with Crippen LogP contribution in [0.2, 0.25) is 0 Å². The largest absolute Gasteiger partial charge is 0.496 e. The number of ether oxygens (including phenoxy) is 1. The quantitative estimate of drug-likeness (QED) is 0.912. The van der Waals surface area contributed by atoms with Crippen molar-refractivity contribution in [2.75, 3.05) is 27.2 Å². The molecule has 0 saturated carbocycles. The van der Waals surface area contributed by atoms with Crippen LogP contribution in [0.25, 0.3) is 0 Å². The summed E-state index contributed by atoms with van der Waals surface area (Å²) in [4.78, 5) is 14.2. The third-order valence-electron chi connectivity index (χ3n) is 4.13. The molecule has 21 heavy (non-hydrogen) atoms. The van der Waals surface area contributed by atoms with Gasteiger partial charge in [-0.1, -0.05) is 0 Å². The maximum Gasteiger partial charge on any atom is 0.227 e. The molecule has 2 rings (SSSR count). The van der Waals surface area contributed by atoms with Gasteiger partial charge in [0, 0.05) is 25.7 Å². The van der Waals surface area contributed by atoms with Crippen molar-refractivity contribution in [3.8, 4) is 11.8 Å².